The quantitative estimate of drug-likeness (QED) is 0.726. The number of benzene rings is 1. The van der Waals surface area contributed by atoms with E-state index in [1.165, 1.54) is 6.26 Å². The molecule has 0 aliphatic rings. The molecule has 0 unspecified atom stereocenters. The van der Waals surface area contributed by atoms with E-state index in [1.54, 1.807) is 18.2 Å². The Morgan fingerprint density at radius 3 is 2.54 bits per heavy atom. The largest absolute Gasteiger partial charge is 0.224 e. The maximum absolute atomic E-state index is 11.2. The molecular weight excluding hydrogens is 184 g/mol. The Kier molecular flexibility index (Phi) is 2.88. The molecule has 0 radical (unpaired) electrons. The minimum Gasteiger partial charge on any atom is -0.224 e. The highest BCUT2D eigenvalue weighted by Crippen LogP contribution is 2.12. The molecule has 2 nitrogen and oxygen atoms in total. The van der Waals surface area contributed by atoms with Gasteiger partial charge in [-0.25, -0.2) is 8.42 Å². The maximum atomic E-state index is 11.2. The van der Waals surface area contributed by atoms with Crippen molar-refractivity contribution in [3.8, 4) is 0 Å². The number of rotatable bonds is 2. The van der Waals surface area contributed by atoms with Crippen molar-refractivity contribution in [3.05, 3.63) is 35.9 Å². The lowest BCUT2D eigenvalue weighted by molar-refractivity contribution is 0.602. The highest BCUT2D eigenvalue weighted by atomic mass is 32.2. The van der Waals surface area contributed by atoms with Crippen LogP contribution in [0, 0.1) is 0 Å². The van der Waals surface area contributed by atoms with Crippen molar-refractivity contribution in [1.29, 1.82) is 0 Å². The summed E-state index contributed by atoms with van der Waals surface area (Å²) < 4.78 is 22.3. The summed E-state index contributed by atoms with van der Waals surface area (Å²) >= 11 is 0. The van der Waals surface area contributed by atoms with E-state index in [0.717, 1.165) is 5.56 Å². The van der Waals surface area contributed by atoms with E-state index in [2.05, 4.69) is 0 Å². The highest BCUT2D eigenvalue weighted by molar-refractivity contribution is 7.90. The van der Waals surface area contributed by atoms with Gasteiger partial charge in [0.05, 0.1) is 4.90 Å². The Morgan fingerprint density at radius 1 is 1.31 bits per heavy atom. The van der Waals surface area contributed by atoms with Gasteiger partial charge in [0.1, 0.15) is 0 Å². The molecular formula is C10H12O2S. The second-order valence-electron chi connectivity index (χ2n) is 2.84. The summed E-state index contributed by atoms with van der Waals surface area (Å²) in [4.78, 5) is 0.364. The average molecular weight is 196 g/mol. The van der Waals surface area contributed by atoms with Crippen molar-refractivity contribution in [2.75, 3.05) is 6.26 Å². The van der Waals surface area contributed by atoms with E-state index in [1.807, 2.05) is 25.1 Å². The second-order valence-corrected chi connectivity index (χ2v) is 4.86. The van der Waals surface area contributed by atoms with E-state index in [-0.39, 0.29) is 0 Å². The zero-order valence-electron chi connectivity index (χ0n) is 7.69. The van der Waals surface area contributed by atoms with Crippen molar-refractivity contribution < 1.29 is 8.42 Å². The van der Waals surface area contributed by atoms with Crippen LogP contribution in [0.4, 0.5) is 0 Å². The smallest absolute Gasteiger partial charge is 0.175 e. The van der Waals surface area contributed by atoms with E-state index in [4.69, 9.17) is 0 Å². The zero-order chi connectivity index (χ0) is 9.90. The van der Waals surface area contributed by atoms with Crippen LogP contribution < -0.4 is 0 Å². The summed E-state index contributed by atoms with van der Waals surface area (Å²) in [5.74, 6) is 0. The SMILES string of the molecule is CC=Cc1cccc(S(C)(=O)=O)c1. The molecule has 0 aromatic heterocycles. The van der Waals surface area contributed by atoms with Crippen LogP contribution in [0.5, 0.6) is 0 Å². The van der Waals surface area contributed by atoms with Gasteiger partial charge in [0.25, 0.3) is 0 Å². The molecule has 1 rings (SSSR count). The first kappa shape index (κ1) is 9.99. The van der Waals surface area contributed by atoms with Gasteiger partial charge in [-0.15, -0.1) is 0 Å². The Hall–Kier alpha value is -1.09. The van der Waals surface area contributed by atoms with Crippen LogP contribution in [0.3, 0.4) is 0 Å². The molecule has 3 heteroatoms. The van der Waals surface area contributed by atoms with Crippen molar-refractivity contribution >= 4 is 15.9 Å². The fourth-order valence-corrected chi connectivity index (χ4v) is 1.72. The number of allylic oxidation sites excluding steroid dienone is 1. The third kappa shape index (κ3) is 2.70. The van der Waals surface area contributed by atoms with Crippen molar-refractivity contribution in [2.45, 2.75) is 11.8 Å². The summed E-state index contributed by atoms with van der Waals surface area (Å²) in [5, 5.41) is 0. The van der Waals surface area contributed by atoms with Gasteiger partial charge in [-0.3, -0.25) is 0 Å². The van der Waals surface area contributed by atoms with Crippen LogP contribution in [-0.2, 0) is 9.84 Å². The number of sulfone groups is 1. The first-order valence-electron chi connectivity index (χ1n) is 3.97. The van der Waals surface area contributed by atoms with Crippen molar-refractivity contribution in [2.24, 2.45) is 0 Å². The Balaban J connectivity index is 3.21. The molecule has 0 heterocycles. The fraction of sp³-hybridized carbons (Fsp3) is 0.200. The maximum Gasteiger partial charge on any atom is 0.175 e. The monoisotopic (exact) mass is 196 g/mol. The molecule has 0 N–H and O–H groups in total. The molecule has 0 saturated heterocycles. The fourth-order valence-electron chi connectivity index (χ4n) is 1.04. The molecule has 0 atom stereocenters. The zero-order valence-corrected chi connectivity index (χ0v) is 8.51. The Morgan fingerprint density at radius 2 is 2.00 bits per heavy atom. The Labute approximate surface area is 78.8 Å². The van der Waals surface area contributed by atoms with Crippen LogP contribution in [0.1, 0.15) is 12.5 Å². The second kappa shape index (κ2) is 3.75. The summed E-state index contributed by atoms with van der Waals surface area (Å²) in [6.45, 7) is 1.90. The van der Waals surface area contributed by atoms with Crippen molar-refractivity contribution in [3.63, 3.8) is 0 Å². The first-order valence-corrected chi connectivity index (χ1v) is 5.86. The van der Waals surface area contributed by atoms with E-state index in [9.17, 15) is 8.42 Å². The summed E-state index contributed by atoms with van der Waals surface area (Å²) in [6.07, 6.45) is 4.96. The van der Waals surface area contributed by atoms with Crippen LogP contribution in [-0.4, -0.2) is 14.7 Å². The van der Waals surface area contributed by atoms with Crippen LogP contribution in [0.25, 0.3) is 6.08 Å². The highest BCUT2D eigenvalue weighted by Gasteiger charge is 2.05. The molecule has 0 aliphatic heterocycles. The number of hydrogen-bond acceptors (Lipinski definition) is 2. The molecule has 0 saturated carbocycles. The third-order valence-electron chi connectivity index (χ3n) is 1.65. The summed E-state index contributed by atoms with van der Waals surface area (Å²) in [5.41, 5.74) is 0.908. The standard InChI is InChI=1S/C10H12O2S/c1-3-5-9-6-4-7-10(8-9)13(2,11)12/h3-8H,1-2H3. The summed E-state index contributed by atoms with van der Waals surface area (Å²) in [7, 11) is -3.08. The van der Waals surface area contributed by atoms with Gasteiger partial charge in [0.2, 0.25) is 0 Å². The molecule has 1 aromatic rings. The topological polar surface area (TPSA) is 34.1 Å². The lowest BCUT2D eigenvalue weighted by Gasteiger charge is -1.98. The van der Waals surface area contributed by atoms with Gasteiger partial charge < -0.3 is 0 Å². The molecule has 70 valence electrons. The summed E-state index contributed by atoms with van der Waals surface area (Å²) in [6, 6.07) is 6.87. The molecule has 0 fully saturated rings. The van der Waals surface area contributed by atoms with Gasteiger partial charge in [-0.1, -0.05) is 24.3 Å². The Bertz CT molecular complexity index is 416. The lowest BCUT2D eigenvalue weighted by Crippen LogP contribution is -1.96. The van der Waals surface area contributed by atoms with Gasteiger partial charge in [0, 0.05) is 6.26 Å². The molecule has 0 spiro atoms. The van der Waals surface area contributed by atoms with Crippen molar-refractivity contribution in [1.82, 2.24) is 0 Å². The van der Waals surface area contributed by atoms with Crippen LogP contribution in [0.15, 0.2) is 35.2 Å². The van der Waals surface area contributed by atoms with Gasteiger partial charge >= 0.3 is 0 Å². The van der Waals surface area contributed by atoms with Gasteiger partial charge in [-0.05, 0) is 24.6 Å². The minimum absolute atomic E-state index is 0.364. The number of hydrogen-bond donors (Lipinski definition) is 0. The first-order chi connectivity index (χ1) is 6.04. The molecule has 1 aromatic carbocycles. The molecule has 13 heavy (non-hydrogen) atoms. The van der Waals surface area contributed by atoms with Gasteiger partial charge in [0.15, 0.2) is 9.84 Å². The van der Waals surface area contributed by atoms with Crippen LogP contribution in [0.2, 0.25) is 0 Å². The predicted octanol–water partition coefficient (Wildman–Crippen LogP) is 2.12. The van der Waals surface area contributed by atoms with E-state index < -0.39 is 9.84 Å². The molecule has 0 aliphatic carbocycles. The minimum atomic E-state index is -3.08. The van der Waals surface area contributed by atoms with E-state index in [0.29, 0.717) is 4.90 Å². The predicted molar refractivity (Wildman–Crippen MR) is 54.3 cm³/mol. The molecule has 0 bridgehead atoms. The van der Waals surface area contributed by atoms with Gasteiger partial charge in [-0.2, -0.15) is 0 Å². The average Bonchev–Trinajstić information content (AvgIpc) is 2.04. The normalized spacial score (nSPS) is 12.2. The lowest BCUT2D eigenvalue weighted by atomic mass is 10.2. The molecule has 0 amide bonds. The van der Waals surface area contributed by atoms with Crippen LogP contribution >= 0.6 is 0 Å². The van der Waals surface area contributed by atoms with E-state index >= 15 is 0 Å². The third-order valence-corrected chi connectivity index (χ3v) is 2.76.